The van der Waals surface area contributed by atoms with Crippen molar-refractivity contribution >= 4 is 34.2 Å². The van der Waals surface area contributed by atoms with Crippen LogP contribution >= 0.6 is 22.6 Å². The zero-order chi connectivity index (χ0) is 14.1. The smallest absolute Gasteiger partial charge is 0.265 e. The summed E-state index contributed by atoms with van der Waals surface area (Å²) in [6.07, 6.45) is 0. The highest BCUT2D eigenvalue weighted by Gasteiger charge is 2.25. The molecule has 0 spiro atoms. The molecule has 0 radical (unpaired) electrons. The largest absolute Gasteiger partial charge is 0.482 e. The molecule has 0 saturated heterocycles. The van der Waals surface area contributed by atoms with Crippen LogP contribution in [0.1, 0.15) is 5.56 Å². The Morgan fingerprint density at radius 2 is 2.10 bits per heavy atom. The molecule has 2 aromatic rings. The fourth-order valence-electron chi connectivity index (χ4n) is 2.17. The van der Waals surface area contributed by atoms with Crippen molar-refractivity contribution in [2.45, 2.75) is 6.54 Å². The van der Waals surface area contributed by atoms with Crippen molar-refractivity contribution in [2.24, 2.45) is 0 Å². The quantitative estimate of drug-likeness (QED) is 0.745. The number of rotatable bonds is 2. The molecule has 1 aliphatic heterocycles. The second-order valence-corrected chi connectivity index (χ2v) is 5.76. The van der Waals surface area contributed by atoms with Crippen LogP contribution < -0.4 is 9.64 Å². The number of amides is 1. The molecule has 0 aromatic heterocycles. The highest BCUT2D eigenvalue weighted by atomic mass is 127. The lowest BCUT2D eigenvalue weighted by Gasteiger charge is -2.29. The predicted molar refractivity (Wildman–Crippen MR) is 82.2 cm³/mol. The topological polar surface area (TPSA) is 29.5 Å². The van der Waals surface area contributed by atoms with Gasteiger partial charge in [-0.05, 0) is 58.5 Å². The minimum Gasteiger partial charge on any atom is -0.482 e. The van der Waals surface area contributed by atoms with Crippen LogP contribution in [0.15, 0.2) is 42.5 Å². The summed E-state index contributed by atoms with van der Waals surface area (Å²) in [4.78, 5) is 13.7. The number of hydrogen-bond donors (Lipinski definition) is 0. The summed E-state index contributed by atoms with van der Waals surface area (Å²) in [6.45, 7) is 0.357. The Morgan fingerprint density at radius 3 is 2.90 bits per heavy atom. The number of carbonyl (C=O) groups excluding carboxylic acids is 1. The molecular weight excluding hydrogens is 372 g/mol. The van der Waals surface area contributed by atoms with Crippen molar-refractivity contribution in [1.29, 1.82) is 0 Å². The van der Waals surface area contributed by atoms with E-state index in [0.29, 0.717) is 12.3 Å². The molecular formula is C15H11FINO2. The molecule has 20 heavy (non-hydrogen) atoms. The van der Waals surface area contributed by atoms with Gasteiger partial charge in [-0.25, -0.2) is 4.39 Å². The number of nitrogens with zero attached hydrogens (tertiary/aromatic N) is 1. The maximum Gasteiger partial charge on any atom is 0.265 e. The fourth-order valence-corrected chi connectivity index (χ4v) is 2.64. The van der Waals surface area contributed by atoms with E-state index in [1.165, 1.54) is 12.1 Å². The van der Waals surface area contributed by atoms with Gasteiger partial charge in [0.25, 0.3) is 5.91 Å². The molecule has 1 aliphatic rings. The summed E-state index contributed by atoms with van der Waals surface area (Å²) in [5, 5.41) is 0. The van der Waals surface area contributed by atoms with Gasteiger partial charge in [-0.15, -0.1) is 0 Å². The molecule has 3 rings (SSSR count). The Bertz CT molecular complexity index is 675. The van der Waals surface area contributed by atoms with E-state index in [4.69, 9.17) is 4.74 Å². The van der Waals surface area contributed by atoms with Crippen LogP contribution in [0.25, 0.3) is 0 Å². The van der Waals surface area contributed by atoms with Crippen LogP contribution in [0.5, 0.6) is 5.75 Å². The third-order valence-corrected chi connectivity index (χ3v) is 3.76. The lowest BCUT2D eigenvalue weighted by Crippen LogP contribution is -2.38. The highest BCUT2D eigenvalue weighted by Crippen LogP contribution is 2.34. The van der Waals surface area contributed by atoms with E-state index in [1.807, 2.05) is 18.2 Å². The molecule has 0 unspecified atom stereocenters. The zero-order valence-corrected chi connectivity index (χ0v) is 12.6. The van der Waals surface area contributed by atoms with Gasteiger partial charge in [0.1, 0.15) is 11.6 Å². The molecule has 102 valence electrons. The van der Waals surface area contributed by atoms with Crippen LogP contribution in [0, 0.1) is 9.39 Å². The van der Waals surface area contributed by atoms with E-state index in [1.54, 1.807) is 17.0 Å². The van der Waals surface area contributed by atoms with Gasteiger partial charge >= 0.3 is 0 Å². The van der Waals surface area contributed by atoms with Gasteiger partial charge in [0.2, 0.25) is 0 Å². The number of halogens is 2. The minimum atomic E-state index is -0.300. The molecule has 2 aromatic carbocycles. The van der Waals surface area contributed by atoms with Gasteiger partial charge in [-0.3, -0.25) is 4.79 Å². The molecule has 0 fully saturated rings. The summed E-state index contributed by atoms with van der Waals surface area (Å²) in [5.74, 6) is 0.260. The van der Waals surface area contributed by atoms with Crippen molar-refractivity contribution in [3.8, 4) is 5.75 Å². The number of benzene rings is 2. The van der Waals surface area contributed by atoms with Gasteiger partial charge in [0.15, 0.2) is 6.61 Å². The van der Waals surface area contributed by atoms with Crippen LogP contribution in [0.2, 0.25) is 0 Å². The molecule has 0 atom stereocenters. The van der Waals surface area contributed by atoms with Crippen LogP contribution in [0.3, 0.4) is 0 Å². The van der Waals surface area contributed by atoms with Crippen molar-refractivity contribution < 1.29 is 13.9 Å². The zero-order valence-electron chi connectivity index (χ0n) is 10.5. The number of hydrogen-bond acceptors (Lipinski definition) is 2. The number of ether oxygens (including phenoxy) is 1. The third-order valence-electron chi connectivity index (χ3n) is 3.09. The maximum atomic E-state index is 13.2. The van der Waals surface area contributed by atoms with E-state index >= 15 is 0 Å². The highest BCUT2D eigenvalue weighted by molar-refractivity contribution is 14.1. The SMILES string of the molecule is O=C1COc2ccc(I)cc2N1Cc1cccc(F)c1. The normalized spacial score (nSPS) is 13.9. The Morgan fingerprint density at radius 1 is 1.25 bits per heavy atom. The molecule has 0 aliphatic carbocycles. The molecule has 1 amide bonds. The monoisotopic (exact) mass is 383 g/mol. The summed E-state index contributed by atoms with van der Waals surface area (Å²) >= 11 is 2.19. The average molecular weight is 383 g/mol. The Hall–Kier alpha value is -1.63. The number of carbonyl (C=O) groups is 1. The Labute approximate surface area is 129 Å². The van der Waals surface area contributed by atoms with Gasteiger partial charge in [-0.2, -0.15) is 0 Å². The van der Waals surface area contributed by atoms with Gasteiger partial charge in [-0.1, -0.05) is 12.1 Å². The van der Waals surface area contributed by atoms with E-state index < -0.39 is 0 Å². The van der Waals surface area contributed by atoms with E-state index in [-0.39, 0.29) is 18.3 Å². The van der Waals surface area contributed by atoms with Gasteiger partial charge in [0, 0.05) is 3.57 Å². The van der Waals surface area contributed by atoms with E-state index in [0.717, 1.165) is 14.8 Å². The summed E-state index contributed by atoms with van der Waals surface area (Å²) in [6, 6.07) is 12.0. The lowest BCUT2D eigenvalue weighted by atomic mass is 10.1. The first-order chi connectivity index (χ1) is 9.63. The maximum absolute atomic E-state index is 13.2. The van der Waals surface area contributed by atoms with Crippen molar-refractivity contribution in [2.75, 3.05) is 11.5 Å². The second-order valence-electron chi connectivity index (χ2n) is 4.51. The Balaban J connectivity index is 1.97. The lowest BCUT2D eigenvalue weighted by molar-refractivity contribution is -0.121. The van der Waals surface area contributed by atoms with E-state index in [2.05, 4.69) is 22.6 Å². The molecule has 1 heterocycles. The second kappa shape index (κ2) is 5.40. The number of fused-ring (bicyclic) bond motifs is 1. The van der Waals surface area contributed by atoms with Crippen molar-refractivity contribution in [3.05, 3.63) is 57.4 Å². The van der Waals surface area contributed by atoms with Crippen molar-refractivity contribution in [1.82, 2.24) is 0 Å². The Kier molecular flexibility index (Phi) is 3.60. The molecule has 0 N–H and O–H groups in total. The van der Waals surface area contributed by atoms with Gasteiger partial charge in [0.05, 0.1) is 12.2 Å². The van der Waals surface area contributed by atoms with Crippen LogP contribution in [0.4, 0.5) is 10.1 Å². The molecule has 0 bridgehead atoms. The molecule has 3 nitrogen and oxygen atoms in total. The van der Waals surface area contributed by atoms with Gasteiger partial charge < -0.3 is 9.64 Å². The molecule has 5 heteroatoms. The third kappa shape index (κ3) is 2.63. The van der Waals surface area contributed by atoms with E-state index in [9.17, 15) is 9.18 Å². The number of anilines is 1. The van der Waals surface area contributed by atoms with Crippen LogP contribution in [-0.4, -0.2) is 12.5 Å². The fraction of sp³-hybridized carbons (Fsp3) is 0.133. The van der Waals surface area contributed by atoms with Crippen LogP contribution in [-0.2, 0) is 11.3 Å². The summed E-state index contributed by atoms with van der Waals surface area (Å²) in [5.41, 5.74) is 1.49. The standard InChI is InChI=1S/C15H11FINO2/c16-11-3-1-2-10(6-11)8-18-13-7-12(17)4-5-14(13)20-9-15(18)19/h1-7H,8-9H2. The molecule has 0 saturated carbocycles. The summed E-state index contributed by atoms with van der Waals surface area (Å²) < 4.78 is 19.7. The predicted octanol–water partition coefficient (Wildman–Crippen LogP) is 3.36. The first-order valence-corrected chi connectivity index (χ1v) is 7.18. The summed E-state index contributed by atoms with van der Waals surface area (Å²) in [7, 11) is 0. The first-order valence-electron chi connectivity index (χ1n) is 6.10. The van der Waals surface area contributed by atoms with Crippen molar-refractivity contribution in [3.63, 3.8) is 0 Å². The average Bonchev–Trinajstić information content (AvgIpc) is 2.42. The minimum absolute atomic E-state index is 0.0168. The first kappa shape index (κ1) is 13.4.